The number of rotatable bonds is 8. The van der Waals surface area contributed by atoms with E-state index in [9.17, 15) is 18.0 Å². The van der Waals surface area contributed by atoms with Crippen molar-refractivity contribution in [1.29, 1.82) is 0 Å². The fourth-order valence-electron chi connectivity index (χ4n) is 4.04. The molecule has 3 aromatic carbocycles. The zero-order valence-electron chi connectivity index (χ0n) is 21.2. The predicted octanol–water partition coefficient (Wildman–Crippen LogP) is 3.04. The molecule has 0 aliphatic rings. The average Bonchev–Trinajstić information content (AvgIpc) is 3.10. The summed E-state index contributed by atoms with van der Waals surface area (Å²) in [5.74, 6) is 0.122. The highest BCUT2D eigenvalue weighted by molar-refractivity contribution is 7.92. The van der Waals surface area contributed by atoms with Crippen LogP contribution in [0, 0.1) is 6.92 Å². The van der Waals surface area contributed by atoms with Crippen molar-refractivity contribution in [2.75, 3.05) is 30.4 Å². The van der Waals surface area contributed by atoms with Crippen LogP contribution < -0.4 is 24.8 Å². The first-order valence-electron chi connectivity index (χ1n) is 11.3. The molecule has 0 radical (unpaired) electrons. The van der Waals surface area contributed by atoms with Gasteiger partial charge in [-0.3, -0.25) is 18.2 Å². The topological polar surface area (TPSA) is 112 Å². The number of benzene rings is 3. The Morgan fingerprint density at radius 2 is 1.59 bits per heavy atom. The maximum atomic E-state index is 13.7. The van der Waals surface area contributed by atoms with Crippen molar-refractivity contribution < 1.29 is 22.7 Å². The fourth-order valence-corrected chi connectivity index (χ4v) is 5.48. The summed E-state index contributed by atoms with van der Waals surface area (Å²) in [5.41, 5.74) is 2.65. The molecule has 0 atom stereocenters. The van der Waals surface area contributed by atoms with Gasteiger partial charge in [-0.25, -0.2) is 13.2 Å². The lowest BCUT2D eigenvalue weighted by Gasteiger charge is -2.26. The quantitative estimate of drug-likeness (QED) is 0.379. The van der Waals surface area contributed by atoms with E-state index in [2.05, 4.69) is 5.32 Å². The molecule has 10 nitrogen and oxygen atoms in total. The predicted molar refractivity (Wildman–Crippen MR) is 142 cm³/mol. The Labute approximate surface area is 214 Å². The van der Waals surface area contributed by atoms with Crippen molar-refractivity contribution in [3.05, 3.63) is 76.7 Å². The van der Waals surface area contributed by atoms with Gasteiger partial charge in [-0.1, -0.05) is 17.7 Å². The molecule has 0 fully saturated rings. The molecular formula is C26H28N4O6S. The van der Waals surface area contributed by atoms with Crippen molar-refractivity contribution in [3.8, 4) is 11.5 Å². The molecule has 194 valence electrons. The number of sulfonamides is 1. The van der Waals surface area contributed by atoms with Crippen LogP contribution in [0.5, 0.6) is 11.5 Å². The molecule has 0 spiro atoms. The Morgan fingerprint density at radius 1 is 0.919 bits per heavy atom. The van der Waals surface area contributed by atoms with Gasteiger partial charge < -0.3 is 14.8 Å². The molecule has 1 amide bonds. The molecule has 4 aromatic rings. The van der Waals surface area contributed by atoms with Gasteiger partial charge in [0.15, 0.2) is 0 Å². The van der Waals surface area contributed by atoms with E-state index in [1.807, 2.05) is 6.92 Å². The summed E-state index contributed by atoms with van der Waals surface area (Å²) in [6.07, 6.45) is 0. The minimum absolute atomic E-state index is 0.0319. The Bertz CT molecular complexity index is 1640. The second-order valence-electron chi connectivity index (χ2n) is 8.51. The normalized spacial score (nSPS) is 11.4. The summed E-state index contributed by atoms with van der Waals surface area (Å²) in [6, 6.07) is 16.1. The van der Waals surface area contributed by atoms with Gasteiger partial charge in [-0.2, -0.15) is 0 Å². The third-order valence-electron chi connectivity index (χ3n) is 6.11. The highest BCUT2D eigenvalue weighted by Gasteiger charge is 2.30. The molecule has 0 unspecified atom stereocenters. The second kappa shape index (κ2) is 10.0. The third-order valence-corrected chi connectivity index (χ3v) is 7.88. The summed E-state index contributed by atoms with van der Waals surface area (Å²) in [7, 11) is 2.05. The smallest absolute Gasteiger partial charge is 0.328 e. The van der Waals surface area contributed by atoms with Gasteiger partial charge in [-0.05, 0) is 49.4 Å². The molecule has 0 bridgehead atoms. The first-order valence-corrected chi connectivity index (χ1v) is 12.8. The maximum Gasteiger partial charge on any atom is 0.328 e. The third kappa shape index (κ3) is 4.90. The van der Waals surface area contributed by atoms with Crippen LogP contribution in [0.4, 0.5) is 11.4 Å². The molecule has 37 heavy (non-hydrogen) atoms. The molecule has 1 aromatic heterocycles. The summed E-state index contributed by atoms with van der Waals surface area (Å²) >= 11 is 0. The number of anilines is 2. The molecule has 4 rings (SSSR count). The maximum absolute atomic E-state index is 13.7. The van der Waals surface area contributed by atoms with Crippen LogP contribution in [-0.2, 0) is 28.9 Å². The van der Waals surface area contributed by atoms with Gasteiger partial charge in [-0.15, -0.1) is 0 Å². The zero-order valence-corrected chi connectivity index (χ0v) is 22.0. The number of amides is 1. The first kappa shape index (κ1) is 25.8. The van der Waals surface area contributed by atoms with Crippen LogP contribution in [0.3, 0.4) is 0 Å². The highest BCUT2D eigenvalue weighted by Crippen LogP contribution is 2.35. The number of nitrogens with one attached hydrogen (secondary N) is 1. The highest BCUT2D eigenvalue weighted by atomic mass is 32.2. The van der Waals surface area contributed by atoms with Gasteiger partial charge in [0.2, 0.25) is 5.91 Å². The number of ether oxygens (including phenoxy) is 2. The molecule has 0 aliphatic heterocycles. The SMILES string of the molecule is COc1ccc(N(CC(=O)Nc2ccc3c(c2)n(C)c(=O)n3C)S(=O)(=O)c2ccc(C)cc2)c(OC)c1. The summed E-state index contributed by atoms with van der Waals surface area (Å²) in [4.78, 5) is 25.5. The number of carbonyl (C=O) groups is 1. The summed E-state index contributed by atoms with van der Waals surface area (Å²) in [5, 5.41) is 2.75. The van der Waals surface area contributed by atoms with E-state index in [0.717, 1.165) is 9.87 Å². The summed E-state index contributed by atoms with van der Waals surface area (Å²) in [6.45, 7) is 1.33. The van der Waals surface area contributed by atoms with Crippen molar-refractivity contribution in [2.24, 2.45) is 14.1 Å². The number of hydrogen-bond acceptors (Lipinski definition) is 6. The Hall–Kier alpha value is -4.25. The number of imidazole rings is 1. The summed E-state index contributed by atoms with van der Waals surface area (Å²) < 4.78 is 42.1. The molecule has 0 aliphatic carbocycles. The van der Waals surface area contributed by atoms with Crippen LogP contribution in [0.15, 0.2) is 70.4 Å². The Morgan fingerprint density at radius 3 is 2.24 bits per heavy atom. The van der Waals surface area contributed by atoms with Gasteiger partial charge in [0.25, 0.3) is 10.0 Å². The van der Waals surface area contributed by atoms with Crippen molar-refractivity contribution >= 4 is 38.3 Å². The van der Waals surface area contributed by atoms with E-state index in [4.69, 9.17) is 9.47 Å². The monoisotopic (exact) mass is 524 g/mol. The van der Waals surface area contributed by atoms with Gasteiger partial charge in [0.1, 0.15) is 18.0 Å². The Kier molecular flexibility index (Phi) is 6.99. The number of hydrogen-bond donors (Lipinski definition) is 1. The van der Waals surface area contributed by atoms with Crippen LogP contribution in [0.2, 0.25) is 0 Å². The van der Waals surface area contributed by atoms with Gasteiger partial charge in [0, 0.05) is 25.8 Å². The number of nitrogens with zero attached hydrogens (tertiary/aromatic N) is 3. The fraction of sp³-hybridized carbons (Fsp3) is 0.231. The Balaban J connectivity index is 1.72. The number of aromatic nitrogens is 2. The number of fused-ring (bicyclic) bond motifs is 1. The molecular weight excluding hydrogens is 496 g/mol. The number of aryl methyl sites for hydroxylation is 3. The lowest BCUT2D eigenvalue weighted by molar-refractivity contribution is -0.114. The van der Waals surface area contributed by atoms with Crippen molar-refractivity contribution in [1.82, 2.24) is 9.13 Å². The van der Waals surface area contributed by atoms with Crippen molar-refractivity contribution in [2.45, 2.75) is 11.8 Å². The molecule has 0 saturated carbocycles. The van der Waals surface area contributed by atoms with Crippen LogP contribution in [-0.4, -0.2) is 44.2 Å². The lowest BCUT2D eigenvalue weighted by Crippen LogP contribution is -2.38. The molecule has 11 heteroatoms. The largest absolute Gasteiger partial charge is 0.497 e. The van der Waals surface area contributed by atoms with E-state index in [1.165, 1.54) is 41.6 Å². The molecule has 1 heterocycles. The van der Waals surface area contributed by atoms with Crippen LogP contribution in [0.1, 0.15) is 5.56 Å². The minimum Gasteiger partial charge on any atom is -0.497 e. The van der Waals surface area contributed by atoms with Crippen LogP contribution >= 0.6 is 0 Å². The molecule has 1 N–H and O–H groups in total. The second-order valence-corrected chi connectivity index (χ2v) is 10.4. The number of methoxy groups -OCH3 is 2. The van der Waals surface area contributed by atoms with E-state index in [0.29, 0.717) is 22.5 Å². The standard InChI is InChI=1S/C26H28N4O6S/c1-17-6-10-20(11-7-17)37(33,34)30(22-13-9-19(35-4)15-24(22)36-5)16-25(31)27-18-8-12-21-23(14-18)29(3)26(32)28(21)2/h6-15H,16H2,1-5H3,(H,27,31). The van der Waals surface area contributed by atoms with E-state index in [1.54, 1.807) is 56.6 Å². The first-order chi connectivity index (χ1) is 17.6. The van der Waals surface area contributed by atoms with E-state index < -0.39 is 22.5 Å². The van der Waals surface area contributed by atoms with Crippen LogP contribution in [0.25, 0.3) is 11.0 Å². The zero-order chi connectivity index (χ0) is 26.9. The van der Waals surface area contributed by atoms with Gasteiger partial charge >= 0.3 is 5.69 Å². The minimum atomic E-state index is -4.15. The van der Waals surface area contributed by atoms with Gasteiger partial charge in [0.05, 0.1) is 35.8 Å². The average molecular weight is 525 g/mol. The lowest BCUT2D eigenvalue weighted by atomic mass is 10.2. The number of carbonyl (C=O) groups excluding carboxylic acids is 1. The van der Waals surface area contributed by atoms with E-state index in [-0.39, 0.29) is 22.0 Å². The van der Waals surface area contributed by atoms with E-state index >= 15 is 0 Å². The molecule has 0 saturated heterocycles. The van der Waals surface area contributed by atoms with Crippen molar-refractivity contribution in [3.63, 3.8) is 0 Å².